The van der Waals surface area contributed by atoms with E-state index in [1.54, 1.807) is 29.5 Å². The molecule has 0 radical (unpaired) electrons. The van der Waals surface area contributed by atoms with Gasteiger partial charge in [0.1, 0.15) is 0 Å². The number of amides is 2. The summed E-state index contributed by atoms with van der Waals surface area (Å²) in [6.07, 6.45) is 2.80. The summed E-state index contributed by atoms with van der Waals surface area (Å²) in [6.45, 7) is 2.49. The number of nitrogens with one attached hydrogen (secondary N) is 1. The highest BCUT2D eigenvalue weighted by Gasteiger charge is 2.35. The van der Waals surface area contributed by atoms with Gasteiger partial charge < -0.3 is 10.4 Å². The Bertz CT molecular complexity index is 1400. The number of halogens is 1. The number of anilines is 1. The number of carboxylic acid groups (broad SMARTS) is 1. The van der Waals surface area contributed by atoms with Gasteiger partial charge in [-0.1, -0.05) is 31.2 Å². The first kappa shape index (κ1) is 26.6. The number of carboxylic acids is 1. The summed E-state index contributed by atoms with van der Waals surface area (Å²) in [5.74, 6) is -1.26. The van der Waals surface area contributed by atoms with Crippen molar-refractivity contribution in [3.63, 3.8) is 0 Å². The van der Waals surface area contributed by atoms with E-state index in [1.165, 1.54) is 17.1 Å². The van der Waals surface area contributed by atoms with Crippen molar-refractivity contribution in [2.45, 2.75) is 33.6 Å². The quantitative estimate of drug-likeness (QED) is 0.361. The molecule has 1 aromatic heterocycles. The Kier molecular flexibility index (Phi) is 7.80. The fourth-order valence-corrected chi connectivity index (χ4v) is 5.40. The molecule has 2 heterocycles. The zero-order valence-electron chi connectivity index (χ0n) is 19.5. The first-order valence-electron chi connectivity index (χ1n) is 11.7. The molecule has 9 heteroatoms. The number of hydrogen-bond donors (Lipinski definition) is 2. The minimum Gasteiger partial charge on any atom is -0.478 e. The van der Waals surface area contributed by atoms with Crippen molar-refractivity contribution < 1.29 is 19.5 Å². The molecule has 0 saturated heterocycles. The zero-order chi connectivity index (χ0) is 25.4. The highest BCUT2D eigenvalue weighted by molar-refractivity contribution is 7.15. The normalized spacial score (nSPS) is 16.8. The molecule has 0 bridgehead atoms. The van der Waals surface area contributed by atoms with Crippen LogP contribution < -0.4 is 10.3 Å². The molecule has 2 amide bonds. The number of aromatic carboxylic acids is 1. The molecule has 5 rings (SSSR count). The second kappa shape index (κ2) is 10.9. The van der Waals surface area contributed by atoms with E-state index in [1.807, 2.05) is 31.2 Å². The summed E-state index contributed by atoms with van der Waals surface area (Å²) in [5, 5.41) is 18.3. The van der Waals surface area contributed by atoms with Gasteiger partial charge in [0.05, 0.1) is 27.8 Å². The first-order chi connectivity index (χ1) is 17.3. The van der Waals surface area contributed by atoms with E-state index in [0.29, 0.717) is 40.9 Å². The Morgan fingerprint density at radius 1 is 1.16 bits per heavy atom. The summed E-state index contributed by atoms with van der Waals surface area (Å²) in [6, 6.07) is 15.6. The SMILES string of the molecule is C.CC1=NN(c2cccc(C(=O)O)c2)C(=O)C1Cc1ccc(-c2ccc(Cl)c(C(=O)NCC3CC3)c2)s1. The molecule has 1 fully saturated rings. The van der Waals surface area contributed by atoms with Gasteiger partial charge in [0.15, 0.2) is 0 Å². The van der Waals surface area contributed by atoms with Crippen LogP contribution in [0.5, 0.6) is 0 Å². The monoisotopic (exact) mass is 537 g/mol. The minimum atomic E-state index is -1.06. The molecule has 1 aliphatic heterocycles. The third-order valence-corrected chi connectivity index (χ3v) is 7.90. The Morgan fingerprint density at radius 2 is 1.95 bits per heavy atom. The van der Waals surface area contributed by atoms with Gasteiger partial charge >= 0.3 is 5.97 Å². The van der Waals surface area contributed by atoms with Crippen LogP contribution in [0.3, 0.4) is 0 Å². The largest absolute Gasteiger partial charge is 0.478 e. The lowest BCUT2D eigenvalue weighted by Crippen LogP contribution is -2.28. The van der Waals surface area contributed by atoms with Crippen LogP contribution in [0.1, 0.15) is 52.8 Å². The van der Waals surface area contributed by atoms with Crippen LogP contribution in [0.2, 0.25) is 5.02 Å². The van der Waals surface area contributed by atoms with E-state index < -0.39 is 11.9 Å². The van der Waals surface area contributed by atoms with E-state index >= 15 is 0 Å². The molecule has 1 unspecified atom stereocenters. The predicted molar refractivity (Wildman–Crippen MR) is 148 cm³/mol. The van der Waals surface area contributed by atoms with Crippen LogP contribution in [0, 0.1) is 11.8 Å². The van der Waals surface area contributed by atoms with E-state index in [0.717, 1.165) is 28.2 Å². The molecule has 192 valence electrons. The van der Waals surface area contributed by atoms with Gasteiger partial charge in [-0.05, 0) is 80.1 Å². The number of carbonyl (C=O) groups excluding carboxylic acids is 2. The Balaban J connectivity index is 0.00000320. The molecular weight excluding hydrogens is 510 g/mol. The van der Waals surface area contributed by atoms with Gasteiger partial charge in [-0.3, -0.25) is 9.59 Å². The van der Waals surface area contributed by atoms with Crippen molar-refractivity contribution in [1.29, 1.82) is 0 Å². The minimum absolute atomic E-state index is 0. The maximum atomic E-state index is 13.2. The van der Waals surface area contributed by atoms with Gasteiger partial charge in [0.2, 0.25) is 0 Å². The van der Waals surface area contributed by atoms with Crippen LogP contribution in [0.4, 0.5) is 5.69 Å². The Morgan fingerprint density at radius 3 is 2.68 bits per heavy atom. The Hall–Kier alpha value is -3.49. The lowest BCUT2D eigenvalue weighted by atomic mass is 9.99. The van der Waals surface area contributed by atoms with E-state index in [-0.39, 0.29) is 24.8 Å². The average molecular weight is 538 g/mol. The second-order valence-corrected chi connectivity index (χ2v) is 10.7. The van der Waals surface area contributed by atoms with Crippen molar-refractivity contribution in [1.82, 2.24) is 5.32 Å². The van der Waals surface area contributed by atoms with Crippen molar-refractivity contribution in [3.8, 4) is 10.4 Å². The molecular formula is C28H28ClN3O4S. The van der Waals surface area contributed by atoms with E-state index in [4.69, 9.17) is 11.6 Å². The number of hydrogen-bond acceptors (Lipinski definition) is 5. The molecule has 2 aromatic carbocycles. The third-order valence-electron chi connectivity index (χ3n) is 6.42. The van der Waals surface area contributed by atoms with Crippen molar-refractivity contribution in [3.05, 3.63) is 75.6 Å². The summed E-state index contributed by atoms with van der Waals surface area (Å²) in [4.78, 5) is 39.1. The molecule has 7 nitrogen and oxygen atoms in total. The summed E-state index contributed by atoms with van der Waals surface area (Å²) < 4.78 is 0. The molecule has 0 spiro atoms. The number of carbonyl (C=O) groups is 3. The van der Waals surface area contributed by atoms with Crippen LogP contribution in [-0.4, -0.2) is 35.1 Å². The van der Waals surface area contributed by atoms with Crippen LogP contribution >= 0.6 is 22.9 Å². The van der Waals surface area contributed by atoms with Gasteiger partial charge in [-0.15, -0.1) is 11.3 Å². The maximum absolute atomic E-state index is 13.2. The van der Waals surface area contributed by atoms with Crippen LogP contribution in [0.15, 0.2) is 59.7 Å². The zero-order valence-corrected chi connectivity index (χ0v) is 21.1. The average Bonchev–Trinajstić information content (AvgIpc) is 3.52. The third kappa shape index (κ3) is 5.76. The van der Waals surface area contributed by atoms with Crippen LogP contribution in [0.25, 0.3) is 10.4 Å². The second-order valence-electron chi connectivity index (χ2n) is 9.12. The fourth-order valence-electron chi connectivity index (χ4n) is 4.14. The van der Waals surface area contributed by atoms with Crippen molar-refractivity contribution in [2.75, 3.05) is 11.6 Å². The molecule has 1 atom stereocenters. The number of rotatable bonds is 8. The van der Waals surface area contributed by atoms with E-state index in [9.17, 15) is 19.5 Å². The highest BCUT2D eigenvalue weighted by Crippen LogP contribution is 2.34. The summed E-state index contributed by atoms with van der Waals surface area (Å²) in [5.41, 5.74) is 2.56. The fraction of sp³-hybridized carbons (Fsp3) is 0.286. The number of hydrazone groups is 1. The van der Waals surface area contributed by atoms with Gasteiger partial charge in [-0.2, -0.15) is 5.10 Å². The standard InChI is InChI=1S/C27H24ClN3O4S.CH4/c1-15-21(26(33)31(30-15)19-4-2-3-18(11-19)27(34)35)13-20-8-10-24(36-20)17-7-9-23(28)22(12-17)25(32)29-14-16-5-6-16;/h2-4,7-12,16,21H,5-6,13-14H2,1H3,(H,29,32)(H,34,35);1H4. The summed E-state index contributed by atoms with van der Waals surface area (Å²) >= 11 is 7.86. The van der Waals surface area contributed by atoms with Crippen LogP contribution in [-0.2, 0) is 11.2 Å². The molecule has 1 saturated carbocycles. The highest BCUT2D eigenvalue weighted by atomic mass is 35.5. The van der Waals surface area contributed by atoms with Crippen molar-refractivity contribution >= 4 is 52.1 Å². The Labute approximate surface area is 224 Å². The maximum Gasteiger partial charge on any atom is 0.335 e. The molecule has 37 heavy (non-hydrogen) atoms. The predicted octanol–water partition coefficient (Wildman–Crippen LogP) is 6.12. The molecule has 3 aromatic rings. The van der Waals surface area contributed by atoms with Gasteiger partial charge in [-0.25, -0.2) is 9.80 Å². The topological polar surface area (TPSA) is 99.1 Å². The van der Waals surface area contributed by atoms with Crippen molar-refractivity contribution in [2.24, 2.45) is 16.9 Å². The first-order valence-corrected chi connectivity index (χ1v) is 12.9. The number of nitrogens with zero attached hydrogens (tertiary/aromatic N) is 2. The lowest BCUT2D eigenvalue weighted by molar-refractivity contribution is -0.119. The molecule has 1 aliphatic carbocycles. The lowest BCUT2D eigenvalue weighted by Gasteiger charge is -2.14. The number of benzene rings is 2. The van der Waals surface area contributed by atoms with E-state index in [2.05, 4.69) is 10.4 Å². The molecule has 2 aliphatic rings. The number of thiophene rings is 1. The summed E-state index contributed by atoms with van der Waals surface area (Å²) in [7, 11) is 0. The van der Waals surface area contributed by atoms with Gasteiger partial charge in [0.25, 0.3) is 11.8 Å². The van der Waals surface area contributed by atoms with Gasteiger partial charge in [0, 0.05) is 22.0 Å². The smallest absolute Gasteiger partial charge is 0.335 e. The molecule has 2 N–H and O–H groups in total.